The Morgan fingerprint density at radius 2 is 1.78 bits per heavy atom. The summed E-state index contributed by atoms with van der Waals surface area (Å²) in [4.78, 5) is 30.3. The summed E-state index contributed by atoms with van der Waals surface area (Å²) >= 11 is 0. The van der Waals surface area contributed by atoms with Crippen LogP contribution in [0.1, 0.15) is 6.42 Å². The fraction of sp³-hybridized carbons (Fsp3) is 0.667. The lowest BCUT2D eigenvalue weighted by Gasteiger charge is -2.29. The van der Waals surface area contributed by atoms with Gasteiger partial charge in [0.1, 0.15) is 11.8 Å². The predicted molar refractivity (Wildman–Crippen MR) is 49.7 cm³/mol. The Morgan fingerprint density at radius 1 is 1.28 bits per heavy atom. The van der Waals surface area contributed by atoms with Crippen LogP contribution in [0.2, 0.25) is 0 Å². The van der Waals surface area contributed by atoms with Crippen molar-refractivity contribution in [3.63, 3.8) is 0 Å². The Labute approximate surface area is 98.8 Å². The third-order valence-electron chi connectivity index (χ3n) is 2.86. The van der Waals surface area contributed by atoms with Crippen molar-refractivity contribution in [1.29, 1.82) is 0 Å². The van der Waals surface area contributed by atoms with Gasteiger partial charge in [-0.2, -0.15) is 13.2 Å². The Kier molecular flexibility index (Phi) is 3.95. The van der Waals surface area contributed by atoms with Crippen LogP contribution >= 0.6 is 0 Å². The summed E-state index contributed by atoms with van der Waals surface area (Å²) in [7, 11) is 0. The van der Waals surface area contributed by atoms with Gasteiger partial charge in [0.15, 0.2) is 0 Å². The minimum absolute atomic E-state index is 0.00361. The average Bonchev–Trinajstić information content (AvgIpc) is 2.54. The summed E-state index contributed by atoms with van der Waals surface area (Å²) in [6, 6.07) is -0.474. The third-order valence-corrected chi connectivity index (χ3v) is 2.86. The normalized spacial score (nSPS) is 29.7. The molecule has 2 aliphatic rings. The molecule has 3 N–H and O–H groups in total. The van der Waals surface area contributed by atoms with E-state index in [1.165, 1.54) is 0 Å². The number of halogens is 3. The zero-order valence-electron chi connectivity index (χ0n) is 8.90. The van der Waals surface area contributed by atoms with E-state index in [9.17, 15) is 22.8 Å². The topological polar surface area (TPSA) is 104 Å². The number of alkyl halides is 3. The zero-order valence-corrected chi connectivity index (χ0v) is 8.90. The quantitative estimate of drug-likeness (QED) is 0.613. The highest BCUT2D eigenvalue weighted by Gasteiger charge is 2.51. The number of fused-ring (bicyclic) bond motifs is 1. The van der Waals surface area contributed by atoms with Crippen LogP contribution in [0.3, 0.4) is 0 Å². The second-order valence-electron chi connectivity index (χ2n) is 3.97. The summed E-state index contributed by atoms with van der Waals surface area (Å²) in [6.45, 7) is 0.556. The zero-order chi connectivity index (χ0) is 14.1. The molecule has 1 aliphatic heterocycles. The van der Waals surface area contributed by atoms with Crippen LogP contribution in [-0.2, 0) is 14.4 Å². The van der Waals surface area contributed by atoms with E-state index in [4.69, 9.17) is 15.0 Å². The van der Waals surface area contributed by atoms with Gasteiger partial charge in [0.25, 0.3) is 0 Å². The van der Waals surface area contributed by atoms with Crippen LogP contribution in [-0.4, -0.2) is 46.7 Å². The predicted octanol–water partition coefficient (Wildman–Crippen LogP) is -0.119. The van der Waals surface area contributed by atoms with Crippen LogP contribution in [0.5, 0.6) is 0 Å². The lowest BCUT2D eigenvalue weighted by molar-refractivity contribution is -0.192. The fourth-order valence-electron chi connectivity index (χ4n) is 1.90. The number of hydrogen-bond donors (Lipinski definition) is 3. The number of nitrogens with one attached hydrogen (secondary N) is 1. The first kappa shape index (κ1) is 14.4. The number of hydrogen-bond acceptors (Lipinski definition) is 4. The fourth-order valence-corrected chi connectivity index (χ4v) is 1.90. The van der Waals surface area contributed by atoms with E-state index >= 15 is 0 Å². The van der Waals surface area contributed by atoms with E-state index < -0.39 is 24.2 Å². The SMILES string of the molecule is O=C(O)C(F)(F)F.O=C1C[C@H]2[C@@H]1CN[C@@H]2C(=O)O. The summed E-state index contributed by atoms with van der Waals surface area (Å²) < 4.78 is 31.7. The molecular formula is C9H10F3NO5. The number of Topliss-reactive ketones (excluding diaryl/α,β-unsaturated/α-hetero) is 1. The molecular weight excluding hydrogens is 259 g/mol. The monoisotopic (exact) mass is 269 g/mol. The Bertz CT molecular complexity index is 381. The average molecular weight is 269 g/mol. The number of carboxylic acids is 2. The van der Waals surface area contributed by atoms with Gasteiger partial charge in [0, 0.05) is 24.8 Å². The standard InChI is InChI=1S/C7H9NO3.C2HF3O2/c9-5-1-3-4(5)2-8-6(3)7(10)11;3-2(4,5)1(6)7/h3-4,6,8H,1-2H2,(H,10,11);(H,6,7)/t3-,4-,6-;/m0./s1. The first-order valence-corrected chi connectivity index (χ1v) is 4.93. The van der Waals surface area contributed by atoms with Crippen molar-refractivity contribution in [2.24, 2.45) is 11.8 Å². The highest BCUT2D eigenvalue weighted by Crippen LogP contribution is 2.37. The molecule has 0 radical (unpaired) electrons. The maximum atomic E-state index is 10.8. The maximum Gasteiger partial charge on any atom is 0.490 e. The molecule has 6 nitrogen and oxygen atoms in total. The van der Waals surface area contributed by atoms with Gasteiger partial charge < -0.3 is 15.5 Å². The van der Waals surface area contributed by atoms with Crippen LogP contribution in [0, 0.1) is 11.8 Å². The van der Waals surface area contributed by atoms with Crippen molar-refractivity contribution in [3.8, 4) is 0 Å². The lowest BCUT2D eigenvalue weighted by atomic mass is 9.72. The van der Waals surface area contributed by atoms with Crippen molar-refractivity contribution >= 4 is 17.7 Å². The molecule has 9 heteroatoms. The summed E-state index contributed by atoms with van der Waals surface area (Å²) in [5, 5.41) is 18.6. The first-order valence-electron chi connectivity index (χ1n) is 4.93. The van der Waals surface area contributed by atoms with Crippen molar-refractivity contribution in [2.45, 2.75) is 18.6 Å². The smallest absolute Gasteiger partial charge is 0.480 e. The van der Waals surface area contributed by atoms with Crippen molar-refractivity contribution in [3.05, 3.63) is 0 Å². The molecule has 3 atom stereocenters. The molecule has 1 heterocycles. The van der Waals surface area contributed by atoms with Crippen LogP contribution in [0.15, 0.2) is 0 Å². The number of ketones is 1. The first-order chi connectivity index (χ1) is 8.14. The van der Waals surface area contributed by atoms with Crippen LogP contribution in [0.4, 0.5) is 13.2 Å². The van der Waals surface area contributed by atoms with E-state index in [0.717, 1.165) is 0 Å². The molecule has 2 fully saturated rings. The molecule has 1 saturated heterocycles. The van der Waals surface area contributed by atoms with Gasteiger partial charge in [-0.05, 0) is 0 Å². The minimum Gasteiger partial charge on any atom is -0.480 e. The van der Waals surface area contributed by atoms with Gasteiger partial charge in [-0.15, -0.1) is 0 Å². The van der Waals surface area contributed by atoms with Gasteiger partial charge in [0.05, 0.1) is 0 Å². The van der Waals surface area contributed by atoms with E-state index in [2.05, 4.69) is 5.32 Å². The molecule has 0 spiro atoms. The highest BCUT2D eigenvalue weighted by atomic mass is 19.4. The molecule has 0 unspecified atom stereocenters. The summed E-state index contributed by atoms with van der Waals surface area (Å²) in [6.07, 6.45) is -4.63. The highest BCUT2D eigenvalue weighted by molar-refractivity contribution is 5.91. The van der Waals surface area contributed by atoms with E-state index in [-0.39, 0.29) is 17.6 Å². The molecule has 102 valence electrons. The maximum absolute atomic E-state index is 10.8. The molecule has 2 rings (SSSR count). The second kappa shape index (κ2) is 4.92. The van der Waals surface area contributed by atoms with Crippen LogP contribution in [0.25, 0.3) is 0 Å². The largest absolute Gasteiger partial charge is 0.490 e. The van der Waals surface area contributed by atoms with Crippen molar-refractivity contribution in [1.82, 2.24) is 5.32 Å². The Morgan fingerprint density at radius 3 is 2.06 bits per heavy atom. The molecule has 1 aliphatic carbocycles. The Hall–Kier alpha value is -1.64. The summed E-state index contributed by atoms with van der Waals surface area (Å²) in [5.41, 5.74) is 0. The number of carbonyl (C=O) groups is 3. The third kappa shape index (κ3) is 2.97. The van der Waals surface area contributed by atoms with Gasteiger partial charge in [0.2, 0.25) is 0 Å². The number of carbonyl (C=O) groups excluding carboxylic acids is 1. The molecule has 0 amide bonds. The molecule has 1 saturated carbocycles. The molecule has 18 heavy (non-hydrogen) atoms. The second-order valence-corrected chi connectivity index (χ2v) is 3.97. The number of rotatable bonds is 1. The van der Waals surface area contributed by atoms with E-state index in [0.29, 0.717) is 13.0 Å². The molecule has 0 bridgehead atoms. The minimum atomic E-state index is -5.08. The Balaban J connectivity index is 0.000000203. The molecule has 0 aromatic heterocycles. The van der Waals surface area contributed by atoms with E-state index in [1.807, 2.05) is 0 Å². The van der Waals surface area contributed by atoms with E-state index in [1.54, 1.807) is 0 Å². The molecule has 0 aromatic carbocycles. The molecule has 0 aromatic rings. The van der Waals surface area contributed by atoms with Crippen LogP contribution < -0.4 is 5.32 Å². The van der Waals surface area contributed by atoms with Gasteiger partial charge in [-0.25, -0.2) is 4.79 Å². The number of aliphatic carboxylic acids is 2. The van der Waals surface area contributed by atoms with Gasteiger partial charge in [-0.1, -0.05) is 0 Å². The van der Waals surface area contributed by atoms with Crippen molar-refractivity contribution < 1.29 is 37.8 Å². The van der Waals surface area contributed by atoms with Gasteiger partial charge >= 0.3 is 18.1 Å². The van der Waals surface area contributed by atoms with Gasteiger partial charge in [-0.3, -0.25) is 9.59 Å². The summed E-state index contributed by atoms with van der Waals surface area (Å²) in [5.74, 6) is -3.31. The number of carboxylic acid groups (broad SMARTS) is 2. The lowest BCUT2D eigenvalue weighted by Crippen LogP contribution is -2.43. The van der Waals surface area contributed by atoms with Crippen molar-refractivity contribution in [2.75, 3.05) is 6.54 Å².